The summed E-state index contributed by atoms with van der Waals surface area (Å²) in [5, 5.41) is 0. The topological polar surface area (TPSA) is 0 Å². The highest BCUT2D eigenvalue weighted by Crippen LogP contribution is 2.52. The molecule has 1 saturated carbocycles. The number of hydrogen-bond donors (Lipinski definition) is 0. The fraction of sp³-hybridized carbons (Fsp3) is 1.00. The molecule has 0 radical (unpaired) electrons. The second-order valence-corrected chi connectivity index (χ2v) is 3.71. The fourth-order valence-corrected chi connectivity index (χ4v) is 2.57. The van der Waals surface area contributed by atoms with E-state index in [0.29, 0.717) is 0 Å². The summed E-state index contributed by atoms with van der Waals surface area (Å²) in [6.07, 6.45) is 7.21. The second-order valence-electron chi connectivity index (χ2n) is 3.71. The van der Waals surface area contributed by atoms with Crippen molar-refractivity contribution in [2.75, 3.05) is 0 Å². The lowest BCUT2D eigenvalue weighted by Crippen LogP contribution is -2.38. The molecule has 0 N–H and O–H groups in total. The van der Waals surface area contributed by atoms with E-state index in [2.05, 4.69) is 20.8 Å². The monoisotopic (exact) mass is 140 g/mol. The lowest BCUT2D eigenvalue weighted by atomic mass is 9.56. The van der Waals surface area contributed by atoms with Crippen LogP contribution in [0.25, 0.3) is 0 Å². The minimum Gasteiger partial charge on any atom is -0.0651 e. The van der Waals surface area contributed by atoms with Crippen LogP contribution in [0.15, 0.2) is 0 Å². The number of rotatable bonds is 3. The molecule has 0 nitrogen and oxygen atoms in total. The second kappa shape index (κ2) is 2.94. The van der Waals surface area contributed by atoms with Gasteiger partial charge in [-0.05, 0) is 24.2 Å². The highest BCUT2D eigenvalue weighted by Gasteiger charge is 2.41. The van der Waals surface area contributed by atoms with Gasteiger partial charge in [0.1, 0.15) is 0 Å². The van der Waals surface area contributed by atoms with Crippen molar-refractivity contribution < 1.29 is 0 Å². The molecule has 0 heteroatoms. The summed E-state index contributed by atoms with van der Waals surface area (Å²) >= 11 is 0. The Morgan fingerprint density at radius 1 is 1.20 bits per heavy atom. The van der Waals surface area contributed by atoms with Crippen LogP contribution in [0.1, 0.15) is 52.9 Å². The van der Waals surface area contributed by atoms with E-state index in [4.69, 9.17) is 0 Å². The van der Waals surface area contributed by atoms with E-state index in [-0.39, 0.29) is 0 Å². The average molecular weight is 140 g/mol. The van der Waals surface area contributed by atoms with Crippen LogP contribution in [-0.2, 0) is 0 Å². The third-order valence-electron chi connectivity index (χ3n) is 3.76. The van der Waals surface area contributed by atoms with E-state index < -0.39 is 0 Å². The van der Waals surface area contributed by atoms with Gasteiger partial charge in [-0.1, -0.05) is 40.0 Å². The van der Waals surface area contributed by atoms with Gasteiger partial charge in [0, 0.05) is 0 Å². The molecule has 60 valence electrons. The van der Waals surface area contributed by atoms with Crippen molar-refractivity contribution in [2.45, 2.75) is 52.9 Å². The summed E-state index contributed by atoms with van der Waals surface area (Å²) in [6, 6.07) is 0. The van der Waals surface area contributed by atoms with E-state index in [9.17, 15) is 0 Å². The first kappa shape index (κ1) is 8.10. The van der Waals surface area contributed by atoms with Gasteiger partial charge in [-0.15, -0.1) is 0 Å². The van der Waals surface area contributed by atoms with Crippen LogP contribution < -0.4 is 0 Å². The van der Waals surface area contributed by atoms with Crippen molar-refractivity contribution in [2.24, 2.45) is 11.3 Å². The van der Waals surface area contributed by atoms with Gasteiger partial charge in [0.05, 0.1) is 0 Å². The molecule has 0 aromatic rings. The average Bonchev–Trinajstić information content (AvgIpc) is 1.90. The summed E-state index contributed by atoms with van der Waals surface area (Å²) in [7, 11) is 0. The Kier molecular flexibility index (Phi) is 2.38. The van der Waals surface area contributed by atoms with E-state index in [1.807, 2.05) is 0 Å². The first-order valence-corrected chi connectivity index (χ1v) is 4.79. The van der Waals surface area contributed by atoms with Gasteiger partial charge in [0.25, 0.3) is 0 Å². The van der Waals surface area contributed by atoms with Gasteiger partial charge >= 0.3 is 0 Å². The van der Waals surface area contributed by atoms with Crippen LogP contribution in [0, 0.1) is 11.3 Å². The molecule has 0 amide bonds. The largest absolute Gasteiger partial charge is 0.0651 e. The Labute approximate surface area is 65.0 Å². The summed E-state index contributed by atoms with van der Waals surface area (Å²) in [4.78, 5) is 0. The van der Waals surface area contributed by atoms with E-state index in [1.54, 1.807) is 0 Å². The summed E-state index contributed by atoms with van der Waals surface area (Å²) in [5.74, 6) is 1.06. The number of hydrogen-bond acceptors (Lipinski definition) is 0. The fourth-order valence-electron chi connectivity index (χ4n) is 2.57. The lowest BCUT2D eigenvalue weighted by molar-refractivity contribution is 0.0181. The van der Waals surface area contributed by atoms with Crippen molar-refractivity contribution in [3.05, 3.63) is 0 Å². The van der Waals surface area contributed by atoms with Crippen molar-refractivity contribution in [1.29, 1.82) is 0 Å². The standard InChI is InChI=1S/C10H20/c1-4-9-7-8-10(9,5-2)6-3/h9H,4-8H2,1-3H3. The van der Waals surface area contributed by atoms with Crippen molar-refractivity contribution in [1.82, 2.24) is 0 Å². The quantitative estimate of drug-likeness (QED) is 0.561. The molecule has 0 aliphatic heterocycles. The van der Waals surface area contributed by atoms with Crippen LogP contribution in [-0.4, -0.2) is 0 Å². The smallest absolute Gasteiger partial charge is 0.0274 e. The molecule has 10 heavy (non-hydrogen) atoms. The molecule has 1 atom stereocenters. The van der Waals surface area contributed by atoms with Crippen LogP contribution in [0.5, 0.6) is 0 Å². The van der Waals surface area contributed by atoms with E-state index >= 15 is 0 Å². The first-order valence-electron chi connectivity index (χ1n) is 4.79. The predicted molar refractivity (Wildman–Crippen MR) is 46.0 cm³/mol. The van der Waals surface area contributed by atoms with Gasteiger partial charge in [-0.3, -0.25) is 0 Å². The zero-order valence-corrected chi connectivity index (χ0v) is 7.61. The van der Waals surface area contributed by atoms with Gasteiger partial charge < -0.3 is 0 Å². The third kappa shape index (κ3) is 0.980. The highest BCUT2D eigenvalue weighted by atomic mass is 14.5. The molecule has 1 aliphatic rings. The maximum atomic E-state index is 2.35. The molecule has 0 bridgehead atoms. The maximum Gasteiger partial charge on any atom is -0.0274 e. The van der Waals surface area contributed by atoms with Crippen LogP contribution in [0.2, 0.25) is 0 Å². The third-order valence-corrected chi connectivity index (χ3v) is 3.76. The summed E-state index contributed by atoms with van der Waals surface area (Å²) in [6.45, 7) is 7.04. The maximum absolute atomic E-state index is 2.35. The molecular formula is C10H20. The van der Waals surface area contributed by atoms with E-state index in [0.717, 1.165) is 11.3 Å². The van der Waals surface area contributed by atoms with Crippen molar-refractivity contribution in [3.63, 3.8) is 0 Å². The molecule has 0 spiro atoms. The Balaban J connectivity index is 2.48. The SMILES string of the molecule is CCC1CCC1(CC)CC. The molecule has 1 rings (SSSR count). The molecule has 0 aromatic heterocycles. The van der Waals surface area contributed by atoms with Crippen molar-refractivity contribution >= 4 is 0 Å². The molecule has 1 unspecified atom stereocenters. The molecule has 0 aromatic carbocycles. The zero-order chi connectivity index (χ0) is 7.61. The van der Waals surface area contributed by atoms with Gasteiger partial charge in [-0.25, -0.2) is 0 Å². The highest BCUT2D eigenvalue weighted by molar-refractivity contribution is 4.92. The Hall–Kier alpha value is 0. The van der Waals surface area contributed by atoms with Gasteiger partial charge in [-0.2, -0.15) is 0 Å². The molecule has 1 fully saturated rings. The van der Waals surface area contributed by atoms with Gasteiger partial charge in [0.15, 0.2) is 0 Å². The lowest BCUT2D eigenvalue weighted by Gasteiger charge is -2.49. The molecule has 0 saturated heterocycles. The summed E-state index contributed by atoms with van der Waals surface area (Å²) < 4.78 is 0. The van der Waals surface area contributed by atoms with Crippen molar-refractivity contribution in [3.8, 4) is 0 Å². The minimum absolute atomic E-state index is 0.773. The van der Waals surface area contributed by atoms with Crippen LogP contribution in [0.4, 0.5) is 0 Å². The first-order chi connectivity index (χ1) is 4.79. The predicted octanol–water partition coefficient (Wildman–Crippen LogP) is 3.61. The normalized spacial score (nSPS) is 29.7. The Morgan fingerprint density at radius 2 is 1.80 bits per heavy atom. The minimum atomic E-state index is 0.773. The van der Waals surface area contributed by atoms with Crippen LogP contribution >= 0.6 is 0 Å². The van der Waals surface area contributed by atoms with Crippen LogP contribution in [0.3, 0.4) is 0 Å². The molecular weight excluding hydrogens is 120 g/mol. The Bertz CT molecular complexity index is 93.1. The Morgan fingerprint density at radius 3 is 1.90 bits per heavy atom. The van der Waals surface area contributed by atoms with E-state index in [1.165, 1.54) is 32.1 Å². The zero-order valence-electron chi connectivity index (χ0n) is 7.61. The molecule has 0 heterocycles. The molecule has 1 aliphatic carbocycles. The summed E-state index contributed by atoms with van der Waals surface area (Å²) in [5.41, 5.74) is 0.773. The van der Waals surface area contributed by atoms with Gasteiger partial charge in [0.2, 0.25) is 0 Å².